The van der Waals surface area contributed by atoms with Crippen LogP contribution in [0.1, 0.15) is 43.4 Å². The van der Waals surface area contributed by atoms with Crippen LogP contribution < -0.4 is 4.90 Å². The minimum atomic E-state index is -4.51. The van der Waals surface area contributed by atoms with Gasteiger partial charge in [-0.2, -0.15) is 13.2 Å². The first kappa shape index (κ1) is 20.9. The number of aromatic hydroxyl groups is 1. The molecule has 1 aromatic carbocycles. The summed E-state index contributed by atoms with van der Waals surface area (Å²) in [5.74, 6) is 0.434. The van der Waals surface area contributed by atoms with Crippen LogP contribution in [0.25, 0.3) is 11.3 Å². The molecule has 5 nitrogen and oxygen atoms in total. The summed E-state index contributed by atoms with van der Waals surface area (Å²) < 4.78 is 39.1. The summed E-state index contributed by atoms with van der Waals surface area (Å²) in [6, 6.07) is 4.34. The van der Waals surface area contributed by atoms with E-state index in [-0.39, 0.29) is 6.04 Å². The molecule has 0 unspecified atom stereocenters. The maximum Gasteiger partial charge on any atom is 0.416 e. The Morgan fingerprint density at radius 2 is 1.97 bits per heavy atom. The summed E-state index contributed by atoms with van der Waals surface area (Å²) in [4.78, 5) is 4.80. The molecule has 162 valence electrons. The Hall–Kier alpha value is -2.35. The van der Waals surface area contributed by atoms with Crippen LogP contribution in [0.15, 0.2) is 18.2 Å². The quantitative estimate of drug-likeness (QED) is 0.797. The normalized spacial score (nSPS) is 22.4. The number of benzene rings is 1. The van der Waals surface area contributed by atoms with Gasteiger partial charge < -0.3 is 14.9 Å². The summed E-state index contributed by atoms with van der Waals surface area (Å²) >= 11 is 0. The number of phenolic OH excluding ortho intramolecular Hbond substituents is 1. The van der Waals surface area contributed by atoms with Gasteiger partial charge in [-0.3, -0.25) is 0 Å². The molecule has 1 fully saturated rings. The lowest BCUT2D eigenvalue weighted by atomic mass is 9.99. The molecule has 2 aliphatic heterocycles. The zero-order chi connectivity index (χ0) is 21.6. The van der Waals surface area contributed by atoms with Crippen molar-refractivity contribution < 1.29 is 18.3 Å². The van der Waals surface area contributed by atoms with Crippen LogP contribution >= 0.6 is 0 Å². The van der Waals surface area contributed by atoms with Crippen molar-refractivity contribution in [1.82, 2.24) is 15.1 Å². The molecule has 1 aromatic heterocycles. The van der Waals surface area contributed by atoms with Crippen LogP contribution in [-0.2, 0) is 12.6 Å². The molecule has 0 spiro atoms. The van der Waals surface area contributed by atoms with Gasteiger partial charge >= 0.3 is 6.18 Å². The number of likely N-dealkylation sites (N-methyl/N-ethyl adjacent to an activating group) is 1. The average Bonchev–Trinajstić information content (AvgIpc) is 3.01. The lowest BCUT2D eigenvalue weighted by Crippen LogP contribution is -2.50. The Balaban J connectivity index is 1.67. The minimum Gasteiger partial charge on any atom is -0.507 e. The van der Waals surface area contributed by atoms with Crippen LogP contribution in [0, 0.1) is 6.92 Å². The molecule has 0 saturated carbocycles. The van der Waals surface area contributed by atoms with Gasteiger partial charge in [-0.25, -0.2) is 0 Å². The molecule has 1 N–H and O–H groups in total. The van der Waals surface area contributed by atoms with Gasteiger partial charge in [0.15, 0.2) is 5.82 Å². The maximum absolute atomic E-state index is 13.0. The van der Waals surface area contributed by atoms with E-state index in [1.165, 1.54) is 0 Å². The van der Waals surface area contributed by atoms with Crippen LogP contribution in [0.4, 0.5) is 19.0 Å². The van der Waals surface area contributed by atoms with Gasteiger partial charge in [-0.1, -0.05) is 6.92 Å². The number of likely N-dealkylation sites (tertiary alicyclic amines) is 1. The lowest BCUT2D eigenvalue weighted by molar-refractivity contribution is -0.137. The summed E-state index contributed by atoms with van der Waals surface area (Å²) in [5.41, 5.74) is 1.20. The molecule has 0 amide bonds. The number of alkyl halides is 3. The standard InChI is InChI=1S/C22H27F3N4O/c1-4-28-7-5-6-17(12-28)29-14(3)9-15-10-18(26-27-21(15)29)20-13(2)8-16(11-19(20)30)22(23,24)25/h8,10-11,14,17,30H,4-7,9,12H2,1-3H3/t14-,17-/m1/s1. The number of nitrogens with zero attached hydrogens (tertiary/aromatic N) is 4. The molecule has 1 saturated heterocycles. The second-order valence-corrected chi connectivity index (χ2v) is 8.41. The summed E-state index contributed by atoms with van der Waals surface area (Å²) in [6.07, 6.45) is -1.43. The van der Waals surface area contributed by atoms with Gasteiger partial charge in [0.25, 0.3) is 0 Å². The van der Waals surface area contributed by atoms with E-state index in [2.05, 4.69) is 33.8 Å². The molecule has 2 aromatic rings. The number of hydrogen-bond donors (Lipinski definition) is 1. The summed E-state index contributed by atoms with van der Waals surface area (Å²) in [5, 5.41) is 19.1. The number of fused-ring (bicyclic) bond motifs is 1. The fraction of sp³-hybridized carbons (Fsp3) is 0.545. The second-order valence-electron chi connectivity index (χ2n) is 8.41. The highest BCUT2D eigenvalue weighted by atomic mass is 19.4. The highest BCUT2D eigenvalue weighted by Gasteiger charge is 2.36. The Kier molecular flexibility index (Phi) is 5.38. The molecule has 2 aliphatic rings. The van der Waals surface area contributed by atoms with Crippen molar-refractivity contribution in [2.45, 2.75) is 58.3 Å². The molecule has 0 aliphatic carbocycles. The third kappa shape index (κ3) is 3.73. The largest absolute Gasteiger partial charge is 0.507 e. The monoisotopic (exact) mass is 420 g/mol. The fourth-order valence-corrected chi connectivity index (χ4v) is 4.88. The molecular formula is C22H27F3N4O. The van der Waals surface area contributed by atoms with E-state index >= 15 is 0 Å². The van der Waals surface area contributed by atoms with E-state index < -0.39 is 17.5 Å². The zero-order valence-corrected chi connectivity index (χ0v) is 17.5. The van der Waals surface area contributed by atoms with Gasteiger partial charge in [-0.05, 0) is 70.0 Å². The minimum absolute atomic E-state index is 0.286. The fourth-order valence-electron chi connectivity index (χ4n) is 4.88. The van der Waals surface area contributed by atoms with Crippen molar-refractivity contribution in [2.75, 3.05) is 24.5 Å². The first-order valence-corrected chi connectivity index (χ1v) is 10.5. The Bertz CT molecular complexity index is 923. The van der Waals surface area contributed by atoms with Crippen LogP contribution in [0.5, 0.6) is 5.75 Å². The van der Waals surface area contributed by atoms with Gasteiger partial charge in [0, 0.05) is 29.8 Å². The second kappa shape index (κ2) is 7.72. The van der Waals surface area contributed by atoms with Crippen molar-refractivity contribution in [3.05, 3.63) is 34.9 Å². The van der Waals surface area contributed by atoms with Crippen LogP contribution in [0.2, 0.25) is 0 Å². The van der Waals surface area contributed by atoms with Crippen molar-refractivity contribution in [3.8, 4) is 17.0 Å². The summed E-state index contributed by atoms with van der Waals surface area (Å²) in [6.45, 7) is 9.06. The van der Waals surface area contributed by atoms with Crippen molar-refractivity contribution in [3.63, 3.8) is 0 Å². The van der Waals surface area contributed by atoms with E-state index in [1.54, 1.807) is 6.92 Å². The van der Waals surface area contributed by atoms with E-state index in [0.29, 0.717) is 22.9 Å². The van der Waals surface area contributed by atoms with Gasteiger partial charge in [0.05, 0.1) is 11.3 Å². The Morgan fingerprint density at radius 3 is 2.63 bits per heavy atom. The SMILES string of the molecule is CCN1CCC[C@@H](N2c3nnc(-c4c(C)cc(C(F)(F)F)cc4O)cc3C[C@H]2C)C1. The molecule has 0 radical (unpaired) electrons. The van der Waals surface area contributed by atoms with E-state index in [0.717, 1.165) is 62.4 Å². The predicted octanol–water partition coefficient (Wildman–Crippen LogP) is 4.41. The Morgan fingerprint density at radius 1 is 1.20 bits per heavy atom. The molecular weight excluding hydrogens is 393 g/mol. The first-order valence-electron chi connectivity index (χ1n) is 10.5. The maximum atomic E-state index is 13.0. The number of aromatic nitrogens is 2. The number of piperidine rings is 1. The molecule has 3 heterocycles. The van der Waals surface area contributed by atoms with E-state index in [1.807, 2.05) is 6.07 Å². The topological polar surface area (TPSA) is 52.5 Å². The van der Waals surface area contributed by atoms with Crippen LogP contribution in [-0.4, -0.2) is 51.9 Å². The van der Waals surface area contributed by atoms with Crippen LogP contribution in [0.3, 0.4) is 0 Å². The molecule has 30 heavy (non-hydrogen) atoms. The summed E-state index contributed by atoms with van der Waals surface area (Å²) in [7, 11) is 0. The first-order chi connectivity index (χ1) is 14.2. The average molecular weight is 420 g/mol. The third-order valence-electron chi connectivity index (χ3n) is 6.30. The highest BCUT2D eigenvalue weighted by Crippen LogP contribution is 2.40. The molecule has 4 rings (SSSR count). The predicted molar refractivity (Wildman–Crippen MR) is 110 cm³/mol. The molecule has 2 atom stereocenters. The number of hydrogen-bond acceptors (Lipinski definition) is 5. The highest BCUT2D eigenvalue weighted by molar-refractivity contribution is 5.73. The zero-order valence-electron chi connectivity index (χ0n) is 17.5. The number of anilines is 1. The molecule has 8 heteroatoms. The van der Waals surface area contributed by atoms with Gasteiger partial charge in [0.1, 0.15) is 5.75 Å². The van der Waals surface area contributed by atoms with Crippen molar-refractivity contribution in [2.24, 2.45) is 0 Å². The van der Waals surface area contributed by atoms with E-state index in [9.17, 15) is 18.3 Å². The smallest absolute Gasteiger partial charge is 0.416 e. The number of halogens is 3. The van der Waals surface area contributed by atoms with Gasteiger partial charge in [0.2, 0.25) is 0 Å². The lowest BCUT2D eigenvalue weighted by Gasteiger charge is -2.40. The van der Waals surface area contributed by atoms with Crippen molar-refractivity contribution in [1.29, 1.82) is 0 Å². The number of rotatable bonds is 3. The third-order valence-corrected chi connectivity index (χ3v) is 6.30. The van der Waals surface area contributed by atoms with Crippen molar-refractivity contribution >= 4 is 5.82 Å². The van der Waals surface area contributed by atoms with E-state index in [4.69, 9.17) is 0 Å². The Labute approximate surface area is 174 Å². The number of phenols is 1. The molecule has 0 bridgehead atoms. The number of aryl methyl sites for hydroxylation is 1. The van der Waals surface area contributed by atoms with Gasteiger partial charge in [-0.15, -0.1) is 10.2 Å².